The van der Waals surface area contributed by atoms with Crippen molar-refractivity contribution in [1.29, 1.82) is 0 Å². The van der Waals surface area contributed by atoms with E-state index < -0.39 is 29.4 Å². The largest absolute Gasteiger partial charge is 0.465 e. The van der Waals surface area contributed by atoms with Gasteiger partial charge in [-0.1, -0.05) is 24.3 Å². The van der Waals surface area contributed by atoms with Gasteiger partial charge in [-0.05, 0) is 38.8 Å². The van der Waals surface area contributed by atoms with Crippen molar-refractivity contribution in [3.05, 3.63) is 35.4 Å². The number of esters is 1. The fourth-order valence-corrected chi connectivity index (χ4v) is 4.18. The van der Waals surface area contributed by atoms with Crippen LogP contribution < -0.4 is 5.32 Å². The summed E-state index contributed by atoms with van der Waals surface area (Å²) in [5.41, 5.74) is 0.733. The zero-order chi connectivity index (χ0) is 18.4. The highest BCUT2D eigenvalue weighted by atomic mass is 16.5. The van der Waals surface area contributed by atoms with Gasteiger partial charge in [-0.25, -0.2) is 0 Å². The predicted molar refractivity (Wildman–Crippen MR) is 91.5 cm³/mol. The monoisotopic (exact) mass is 344 g/mol. The number of nitrogens with zero attached hydrogens (tertiary/aromatic N) is 1. The molecule has 1 aromatic carbocycles. The lowest BCUT2D eigenvalue weighted by molar-refractivity contribution is -0.155. The average Bonchev–Trinajstić information content (AvgIpc) is 3.03. The Balaban J connectivity index is 2.11. The maximum Gasteiger partial charge on any atom is 0.326 e. The SMILES string of the molecule is CCOC(=O)[C@]1(C)N[C@@H](c2ccccc2C)[C@H]2C(=O)N(CC)C(=O)[C@H]21. The van der Waals surface area contributed by atoms with Crippen molar-refractivity contribution < 1.29 is 19.1 Å². The molecule has 0 unspecified atom stereocenters. The van der Waals surface area contributed by atoms with Gasteiger partial charge in [0, 0.05) is 12.6 Å². The molecule has 134 valence electrons. The van der Waals surface area contributed by atoms with E-state index in [-0.39, 0.29) is 18.4 Å². The maximum absolute atomic E-state index is 12.9. The van der Waals surface area contributed by atoms with E-state index in [0.717, 1.165) is 11.1 Å². The Hall–Kier alpha value is -2.21. The van der Waals surface area contributed by atoms with Crippen molar-refractivity contribution in [2.45, 2.75) is 39.3 Å². The number of likely N-dealkylation sites (tertiary alicyclic amines) is 1. The van der Waals surface area contributed by atoms with E-state index in [2.05, 4.69) is 5.32 Å². The van der Waals surface area contributed by atoms with Gasteiger partial charge in [0.15, 0.2) is 0 Å². The van der Waals surface area contributed by atoms with Gasteiger partial charge in [-0.15, -0.1) is 0 Å². The molecule has 3 rings (SSSR count). The molecule has 6 heteroatoms. The van der Waals surface area contributed by atoms with Gasteiger partial charge in [0.05, 0.1) is 18.4 Å². The lowest BCUT2D eigenvalue weighted by Gasteiger charge is -2.29. The first kappa shape index (κ1) is 17.6. The zero-order valence-electron chi connectivity index (χ0n) is 15.0. The molecule has 2 heterocycles. The van der Waals surface area contributed by atoms with Crippen molar-refractivity contribution in [3.63, 3.8) is 0 Å². The average molecular weight is 344 g/mol. The van der Waals surface area contributed by atoms with Crippen LogP contribution in [0, 0.1) is 18.8 Å². The first-order chi connectivity index (χ1) is 11.9. The normalized spacial score (nSPS) is 31.4. The van der Waals surface area contributed by atoms with Crippen LogP contribution >= 0.6 is 0 Å². The third kappa shape index (κ3) is 2.47. The van der Waals surface area contributed by atoms with Gasteiger partial charge in [0.2, 0.25) is 11.8 Å². The second-order valence-electron chi connectivity index (χ2n) is 6.83. The van der Waals surface area contributed by atoms with Gasteiger partial charge in [0.25, 0.3) is 0 Å². The van der Waals surface area contributed by atoms with Gasteiger partial charge in [0.1, 0.15) is 5.54 Å². The lowest BCUT2D eigenvalue weighted by Crippen LogP contribution is -2.54. The van der Waals surface area contributed by atoms with Gasteiger partial charge in [-0.2, -0.15) is 0 Å². The Labute approximate surface area is 147 Å². The van der Waals surface area contributed by atoms with Gasteiger partial charge < -0.3 is 4.74 Å². The molecule has 6 nitrogen and oxygen atoms in total. The molecule has 2 aliphatic heterocycles. The van der Waals surface area contributed by atoms with E-state index in [4.69, 9.17) is 4.74 Å². The number of carbonyl (C=O) groups excluding carboxylic acids is 3. The smallest absolute Gasteiger partial charge is 0.326 e. The molecule has 0 aromatic heterocycles. The molecular weight excluding hydrogens is 320 g/mol. The molecule has 25 heavy (non-hydrogen) atoms. The molecule has 4 atom stereocenters. The van der Waals surface area contributed by atoms with E-state index in [1.807, 2.05) is 31.2 Å². The van der Waals surface area contributed by atoms with Crippen LogP contribution in [-0.2, 0) is 19.1 Å². The van der Waals surface area contributed by atoms with Crippen LogP contribution in [0.25, 0.3) is 0 Å². The zero-order valence-corrected chi connectivity index (χ0v) is 15.0. The molecule has 0 bridgehead atoms. The van der Waals surface area contributed by atoms with Crippen LogP contribution in [0.3, 0.4) is 0 Å². The van der Waals surface area contributed by atoms with E-state index in [1.165, 1.54) is 4.90 Å². The highest BCUT2D eigenvalue weighted by molar-refractivity contribution is 6.09. The summed E-state index contributed by atoms with van der Waals surface area (Å²) in [5.74, 6) is -2.34. The Morgan fingerprint density at radius 1 is 1.24 bits per heavy atom. The minimum absolute atomic E-state index is 0.216. The molecule has 2 saturated heterocycles. The maximum atomic E-state index is 12.9. The topological polar surface area (TPSA) is 75.7 Å². The van der Waals surface area contributed by atoms with E-state index in [9.17, 15) is 14.4 Å². The summed E-state index contributed by atoms with van der Waals surface area (Å²) in [4.78, 5) is 39.7. The summed E-state index contributed by atoms with van der Waals surface area (Å²) >= 11 is 0. The van der Waals surface area contributed by atoms with Crippen LogP contribution in [0.4, 0.5) is 0 Å². The fraction of sp³-hybridized carbons (Fsp3) is 0.526. The molecule has 2 aliphatic rings. The Kier molecular flexibility index (Phi) is 4.41. The van der Waals surface area contributed by atoms with Crippen molar-refractivity contribution in [3.8, 4) is 0 Å². The van der Waals surface area contributed by atoms with Crippen LogP contribution in [0.2, 0.25) is 0 Å². The van der Waals surface area contributed by atoms with Crippen LogP contribution in [0.1, 0.15) is 37.9 Å². The number of hydrogen-bond acceptors (Lipinski definition) is 5. The second kappa shape index (κ2) is 6.26. The summed E-state index contributed by atoms with van der Waals surface area (Å²) in [5, 5.41) is 3.27. The predicted octanol–water partition coefficient (Wildman–Crippen LogP) is 1.58. The molecule has 1 aromatic rings. The number of carbonyl (C=O) groups is 3. The Bertz CT molecular complexity index is 732. The summed E-state index contributed by atoms with van der Waals surface area (Å²) < 4.78 is 5.22. The Morgan fingerprint density at radius 3 is 2.52 bits per heavy atom. The number of aryl methyl sites for hydroxylation is 1. The van der Waals surface area contributed by atoms with Crippen molar-refractivity contribution in [1.82, 2.24) is 10.2 Å². The molecular formula is C19H24N2O4. The molecule has 0 saturated carbocycles. The van der Waals surface area contributed by atoms with Crippen molar-refractivity contribution in [2.75, 3.05) is 13.2 Å². The highest BCUT2D eigenvalue weighted by Gasteiger charge is 2.66. The van der Waals surface area contributed by atoms with Crippen LogP contribution in [0.5, 0.6) is 0 Å². The third-order valence-electron chi connectivity index (χ3n) is 5.42. The van der Waals surface area contributed by atoms with Crippen molar-refractivity contribution in [2.24, 2.45) is 11.8 Å². The molecule has 0 radical (unpaired) electrons. The number of hydrogen-bond donors (Lipinski definition) is 1. The lowest BCUT2D eigenvalue weighted by atomic mass is 9.80. The minimum atomic E-state index is -1.22. The van der Waals surface area contributed by atoms with Crippen LogP contribution in [0.15, 0.2) is 24.3 Å². The van der Waals surface area contributed by atoms with Crippen LogP contribution in [-0.4, -0.2) is 41.4 Å². The van der Waals surface area contributed by atoms with E-state index >= 15 is 0 Å². The summed E-state index contributed by atoms with van der Waals surface area (Å²) in [7, 11) is 0. The number of rotatable bonds is 4. The van der Waals surface area contributed by atoms with Crippen molar-refractivity contribution >= 4 is 17.8 Å². The number of fused-ring (bicyclic) bond motifs is 1. The number of nitrogens with one attached hydrogen (secondary N) is 1. The van der Waals surface area contributed by atoms with Gasteiger partial charge >= 0.3 is 5.97 Å². The standard InChI is InChI=1S/C19H24N2O4/c1-5-21-16(22)13-14(17(21)23)19(4,18(24)25-6-2)20-15(13)12-10-8-7-9-11(12)3/h7-10,13-15,20H,5-6H2,1-4H3/t13-,14-,15-,19+/m0/s1. The number of ether oxygens (including phenoxy) is 1. The summed E-state index contributed by atoms with van der Waals surface area (Å²) in [6, 6.07) is 7.33. The number of benzene rings is 1. The fourth-order valence-electron chi connectivity index (χ4n) is 4.18. The van der Waals surface area contributed by atoms with E-state index in [0.29, 0.717) is 6.54 Å². The first-order valence-electron chi connectivity index (χ1n) is 8.72. The van der Waals surface area contributed by atoms with E-state index in [1.54, 1.807) is 20.8 Å². The molecule has 1 N–H and O–H groups in total. The highest BCUT2D eigenvalue weighted by Crippen LogP contribution is 2.49. The first-order valence-corrected chi connectivity index (χ1v) is 8.72. The molecule has 2 amide bonds. The Morgan fingerprint density at radius 2 is 1.92 bits per heavy atom. The molecule has 0 aliphatic carbocycles. The summed E-state index contributed by atoms with van der Waals surface area (Å²) in [6.45, 7) is 7.67. The summed E-state index contributed by atoms with van der Waals surface area (Å²) in [6.07, 6.45) is 0. The third-order valence-corrected chi connectivity index (χ3v) is 5.42. The number of amides is 2. The van der Waals surface area contributed by atoms with Gasteiger partial charge in [-0.3, -0.25) is 24.6 Å². The number of imide groups is 1. The molecule has 2 fully saturated rings. The second-order valence-corrected chi connectivity index (χ2v) is 6.83. The minimum Gasteiger partial charge on any atom is -0.465 e. The quantitative estimate of drug-likeness (QED) is 0.663. The molecule has 0 spiro atoms.